The van der Waals surface area contributed by atoms with E-state index in [4.69, 9.17) is 13.7 Å². The predicted molar refractivity (Wildman–Crippen MR) is 98.4 cm³/mol. The van der Waals surface area contributed by atoms with Gasteiger partial charge in [-0.05, 0) is 35.6 Å². The van der Waals surface area contributed by atoms with Crippen LogP contribution in [0.1, 0.15) is 24.7 Å². The van der Waals surface area contributed by atoms with Crippen molar-refractivity contribution in [3.05, 3.63) is 63.6 Å². The van der Waals surface area contributed by atoms with Gasteiger partial charge in [0, 0.05) is 17.5 Å². The first-order chi connectivity index (χ1) is 12.7. The predicted octanol–water partition coefficient (Wildman–Crippen LogP) is 4.44. The van der Waals surface area contributed by atoms with Crippen LogP contribution < -0.4 is 10.4 Å². The normalized spacial score (nSPS) is 11.1. The summed E-state index contributed by atoms with van der Waals surface area (Å²) < 4.78 is 16.3. The summed E-state index contributed by atoms with van der Waals surface area (Å²) >= 11 is 1.53. The molecule has 0 unspecified atom stereocenters. The van der Waals surface area contributed by atoms with Crippen molar-refractivity contribution in [2.75, 3.05) is 0 Å². The number of nitrogens with zero attached hydrogens (tertiary/aromatic N) is 2. The second-order valence-corrected chi connectivity index (χ2v) is 6.73. The summed E-state index contributed by atoms with van der Waals surface area (Å²) in [6.45, 7) is 2.24. The standard InChI is InChI=1S/C19H16N2O4S/c1-2-4-12-9-18(22)24-15-10-13(6-7-14(12)15)23-11-17-20-19(25-21-17)16-5-3-8-26-16/h3,5-10H,2,4,11H2,1H3. The SMILES string of the molecule is CCCc1cc(=O)oc2cc(OCc3noc(-c4cccs4)n3)ccc12. The number of fused-ring (bicyclic) bond motifs is 1. The molecule has 0 aliphatic rings. The van der Waals surface area contributed by atoms with Crippen molar-refractivity contribution in [3.63, 3.8) is 0 Å². The van der Waals surface area contributed by atoms with E-state index in [0.29, 0.717) is 23.0 Å². The van der Waals surface area contributed by atoms with E-state index in [9.17, 15) is 4.79 Å². The Morgan fingerprint density at radius 2 is 2.15 bits per heavy atom. The highest BCUT2D eigenvalue weighted by Crippen LogP contribution is 2.25. The first-order valence-corrected chi connectivity index (χ1v) is 9.17. The Morgan fingerprint density at radius 1 is 1.23 bits per heavy atom. The van der Waals surface area contributed by atoms with Gasteiger partial charge in [-0.3, -0.25) is 0 Å². The van der Waals surface area contributed by atoms with E-state index in [1.165, 1.54) is 11.3 Å². The molecular weight excluding hydrogens is 352 g/mol. The van der Waals surface area contributed by atoms with Gasteiger partial charge in [0.15, 0.2) is 6.61 Å². The smallest absolute Gasteiger partial charge is 0.336 e. The second kappa shape index (κ2) is 7.13. The molecule has 0 saturated carbocycles. The summed E-state index contributed by atoms with van der Waals surface area (Å²) in [4.78, 5) is 17.0. The summed E-state index contributed by atoms with van der Waals surface area (Å²) in [5.41, 5.74) is 1.16. The molecule has 0 bridgehead atoms. The highest BCUT2D eigenvalue weighted by Gasteiger charge is 2.11. The maximum Gasteiger partial charge on any atom is 0.336 e. The first-order valence-electron chi connectivity index (χ1n) is 8.29. The van der Waals surface area contributed by atoms with Gasteiger partial charge in [-0.15, -0.1) is 11.3 Å². The largest absolute Gasteiger partial charge is 0.485 e. The first kappa shape index (κ1) is 16.5. The number of aromatic nitrogens is 2. The summed E-state index contributed by atoms with van der Waals surface area (Å²) in [6, 6.07) is 10.9. The zero-order valence-electron chi connectivity index (χ0n) is 14.1. The van der Waals surface area contributed by atoms with E-state index in [2.05, 4.69) is 17.1 Å². The van der Waals surface area contributed by atoms with Crippen LogP contribution in [0.4, 0.5) is 0 Å². The maximum atomic E-state index is 11.7. The molecule has 3 heterocycles. The molecule has 0 spiro atoms. The Balaban J connectivity index is 1.53. The van der Waals surface area contributed by atoms with Crippen LogP contribution in [-0.4, -0.2) is 10.1 Å². The van der Waals surface area contributed by atoms with E-state index in [0.717, 1.165) is 28.7 Å². The van der Waals surface area contributed by atoms with Gasteiger partial charge in [0.05, 0.1) is 4.88 Å². The molecule has 0 aliphatic heterocycles. The molecule has 4 rings (SSSR count). The Bertz CT molecular complexity index is 1080. The van der Waals surface area contributed by atoms with E-state index in [1.807, 2.05) is 29.6 Å². The third kappa shape index (κ3) is 3.39. The zero-order valence-corrected chi connectivity index (χ0v) is 14.9. The van der Waals surface area contributed by atoms with Crippen LogP contribution in [0.5, 0.6) is 5.75 Å². The zero-order chi connectivity index (χ0) is 17.9. The maximum absolute atomic E-state index is 11.7. The molecule has 0 fully saturated rings. The number of benzene rings is 1. The summed E-state index contributed by atoms with van der Waals surface area (Å²) in [6.07, 6.45) is 1.79. The Morgan fingerprint density at radius 3 is 2.96 bits per heavy atom. The van der Waals surface area contributed by atoms with Crippen molar-refractivity contribution in [1.29, 1.82) is 0 Å². The fraction of sp³-hybridized carbons (Fsp3) is 0.211. The van der Waals surface area contributed by atoms with E-state index < -0.39 is 0 Å². The highest BCUT2D eigenvalue weighted by atomic mass is 32.1. The molecule has 3 aromatic heterocycles. The van der Waals surface area contributed by atoms with Crippen LogP contribution in [0.2, 0.25) is 0 Å². The minimum Gasteiger partial charge on any atom is -0.485 e. The van der Waals surface area contributed by atoms with Crippen molar-refractivity contribution >= 4 is 22.3 Å². The van der Waals surface area contributed by atoms with Crippen molar-refractivity contribution in [2.45, 2.75) is 26.4 Å². The summed E-state index contributed by atoms with van der Waals surface area (Å²) in [5.74, 6) is 1.51. The molecule has 0 atom stereocenters. The number of hydrogen-bond acceptors (Lipinski definition) is 7. The van der Waals surface area contributed by atoms with Crippen molar-refractivity contribution in [2.24, 2.45) is 0 Å². The molecule has 0 radical (unpaired) electrons. The molecule has 0 amide bonds. The number of rotatable bonds is 6. The molecule has 0 saturated heterocycles. The van der Waals surface area contributed by atoms with E-state index in [-0.39, 0.29) is 12.2 Å². The van der Waals surface area contributed by atoms with Gasteiger partial charge in [-0.25, -0.2) is 4.79 Å². The highest BCUT2D eigenvalue weighted by molar-refractivity contribution is 7.13. The van der Waals surface area contributed by atoms with Crippen LogP contribution in [0, 0.1) is 0 Å². The van der Waals surface area contributed by atoms with Crippen LogP contribution in [-0.2, 0) is 13.0 Å². The number of ether oxygens (including phenoxy) is 1. The molecule has 132 valence electrons. The van der Waals surface area contributed by atoms with E-state index >= 15 is 0 Å². The third-order valence-electron chi connectivity index (χ3n) is 3.89. The second-order valence-electron chi connectivity index (χ2n) is 5.78. The fourth-order valence-corrected chi connectivity index (χ4v) is 3.38. The van der Waals surface area contributed by atoms with Gasteiger partial charge in [-0.1, -0.05) is 24.6 Å². The minimum atomic E-state index is -0.350. The van der Waals surface area contributed by atoms with Crippen LogP contribution in [0.3, 0.4) is 0 Å². The van der Waals surface area contributed by atoms with Crippen LogP contribution in [0.15, 0.2) is 55.5 Å². The lowest BCUT2D eigenvalue weighted by Crippen LogP contribution is -2.01. The monoisotopic (exact) mass is 368 g/mol. The molecule has 6 nitrogen and oxygen atoms in total. The topological polar surface area (TPSA) is 78.4 Å². The number of hydrogen-bond donors (Lipinski definition) is 0. The molecule has 0 N–H and O–H groups in total. The Labute approximate surface area is 153 Å². The molecular formula is C19H16N2O4S. The fourth-order valence-electron chi connectivity index (χ4n) is 2.74. The number of thiophene rings is 1. The summed E-state index contributed by atoms with van der Waals surface area (Å²) in [5, 5.41) is 6.80. The molecule has 26 heavy (non-hydrogen) atoms. The lowest BCUT2D eigenvalue weighted by Gasteiger charge is -2.07. The van der Waals surface area contributed by atoms with Crippen LogP contribution >= 0.6 is 11.3 Å². The molecule has 1 aromatic carbocycles. The third-order valence-corrected chi connectivity index (χ3v) is 4.75. The van der Waals surface area contributed by atoms with Crippen molar-refractivity contribution in [1.82, 2.24) is 10.1 Å². The quantitative estimate of drug-likeness (QED) is 0.468. The Kier molecular flexibility index (Phi) is 4.53. The lowest BCUT2D eigenvalue weighted by atomic mass is 10.1. The van der Waals surface area contributed by atoms with Crippen LogP contribution in [0.25, 0.3) is 21.7 Å². The minimum absolute atomic E-state index is 0.166. The average Bonchev–Trinajstić information content (AvgIpc) is 3.31. The van der Waals surface area contributed by atoms with Crippen molar-refractivity contribution < 1.29 is 13.7 Å². The van der Waals surface area contributed by atoms with Crippen molar-refractivity contribution in [3.8, 4) is 16.5 Å². The van der Waals surface area contributed by atoms with E-state index in [1.54, 1.807) is 12.1 Å². The molecule has 4 aromatic rings. The van der Waals surface area contributed by atoms with Gasteiger partial charge in [0.2, 0.25) is 5.82 Å². The number of aryl methyl sites for hydroxylation is 1. The molecule has 7 heteroatoms. The molecule has 0 aliphatic carbocycles. The van der Waals surface area contributed by atoms with Gasteiger partial charge in [0.25, 0.3) is 5.89 Å². The lowest BCUT2D eigenvalue weighted by molar-refractivity contribution is 0.287. The Hall–Kier alpha value is -2.93. The summed E-state index contributed by atoms with van der Waals surface area (Å²) in [7, 11) is 0. The van der Waals surface area contributed by atoms with Gasteiger partial charge in [0.1, 0.15) is 11.3 Å². The van der Waals surface area contributed by atoms with Gasteiger partial charge < -0.3 is 13.7 Å². The van der Waals surface area contributed by atoms with Gasteiger partial charge >= 0.3 is 5.63 Å². The average molecular weight is 368 g/mol. The van der Waals surface area contributed by atoms with Gasteiger partial charge in [-0.2, -0.15) is 4.98 Å².